The zero-order chi connectivity index (χ0) is 46.8. The Morgan fingerprint density at radius 1 is 1.02 bits per heavy atom. The first-order valence-corrected chi connectivity index (χ1v) is 25.0. The fraction of sp³-hybridized carbons (Fsp3) is 0.615. The lowest BCUT2D eigenvalue weighted by atomic mass is 9.80. The highest BCUT2D eigenvalue weighted by Gasteiger charge is 2.29. The number of nitrogens with one attached hydrogen (secondary N) is 1. The van der Waals surface area contributed by atoms with Gasteiger partial charge in [-0.25, -0.2) is 9.99 Å². The van der Waals surface area contributed by atoms with Gasteiger partial charge >= 0.3 is 0 Å². The summed E-state index contributed by atoms with van der Waals surface area (Å²) in [5.41, 5.74) is 12.5. The van der Waals surface area contributed by atoms with Gasteiger partial charge in [-0.05, 0) is 101 Å². The Bertz CT molecular complexity index is 2040. The zero-order valence-electron chi connectivity index (χ0n) is 41.5. The Balaban J connectivity index is 0.000000440. The number of aromatic nitrogens is 3. The number of amides is 1. The predicted octanol–water partition coefficient (Wildman–Crippen LogP) is 10.5. The first-order valence-electron chi connectivity index (χ1n) is 24.2. The SMILES string of the molecule is C=CCCC(C)(C)Cc1c(-c2cc(N3CCN(C)CC3)cnc2C(C)OC)n(CC)c2ccc(-c3csc(CC(C=O)CC)n3)cc12.CC.CC(=O)N1CCCC1.CN1CCCCN1. The number of pyridine rings is 1. The highest BCUT2D eigenvalue weighted by atomic mass is 32.1. The van der Waals surface area contributed by atoms with Crippen molar-refractivity contribution in [3.63, 3.8) is 0 Å². The van der Waals surface area contributed by atoms with Gasteiger partial charge in [-0.15, -0.1) is 17.9 Å². The van der Waals surface area contributed by atoms with Gasteiger partial charge in [0.25, 0.3) is 0 Å². The number of hydrogen-bond acceptors (Lipinski definition) is 10. The molecule has 3 saturated heterocycles. The number of rotatable bonds is 15. The van der Waals surface area contributed by atoms with E-state index in [9.17, 15) is 9.59 Å². The van der Waals surface area contributed by atoms with Crippen molar-refractivity contribution in [1.29, 1.82) is 0 Å². The van der Waals surface area contributed by atoms with Crippen LogP contribution in [0.2, 0.25) is 0 Å². The fourth-order valence-corrected chi connectivity index (χ4v) is 9.59. The second-order valence-corrected chi connectivity index (χ2v) is 19.1. The molecule has 0 spiro atoms. The van der Waals surface area contributed by atoms with Gasteiger partial charge in [-0.2, -0.15) is 0 Å². The van der Waals surface area contributed by atoms with E-state index in [1.165, 1.54) is 60.1 Å². The van der Waals surface area contributed by atoms with Crippen molar-refractivity contribution in [3.05, 3.63) is 64.8 Å². The number of carbonyl (C=O) groups excluding carboxylic acids is 2. The Hall–Kier alpha value is -3.94. The number of anilines is 1. The largest absolute Gasteiger partial charge is 0.375 e. The van der Waals surface area contributed by atoms with Crippen molar-refractivity contribution in [2.45, 2.75) is 126 Å². The number of nitrogens with zero attached hydrogens (tertiary/aromatic N) is 7. The van der Waals surface area contributed by atoms with Crippen molar-refractivity contribution >= 4 is 40.1 Å². The Morgan fingerprint density at radius 3 is 2.27 bits per heavy atom. The summed E-state index contributed by atoms with van der Waals surface area (Å²) < 4.78 is 8.41. The molecule has 0 aliphatic carbocycles. The molecule has 3 fully saturated rings. The highest BCUT2D eigenvalue weighted by molar-refractivity contribution is 7.10. The number of likely N-dealkylation sites (tertiary alicyclic amines) is 1. The molecule has 2 atom stereocenters. The van der Waals surface area contributed by atoms with Gasteiger partial charge in [-0.3, -0.25) is 15.2 Å². The Labute approximate surface area is 390 Å². The summed E-state index contributed by atoms with van der Waals surface area (Å²) in [5, 5.41) is 6.56. The average Bonchev–Trinajstić information content (AvgIpc) is 4.09. The van der Waals surface area contributed by atoms with E-state index in [2.05, 4.69) is 110 Å². The maximum Gasteiger partial charge on any atom is 0.219 e. The zero-order valence-corrected chi connectivity index (χ0v) is 42.3. The number of hydrazine groups is 1. The number of aldehydes is 1. The van der Waals surface area contributed by atoms with Gasteiger partial charge < -0.3 is 28.8 Å². The first kappa shape index (κ1) is 52.7. The van der Waals surface area contributed by atoms with E-state index in [1.807, 2.05) is 31.0 Å². The topological polar surface area (TPSA) is 99.1 Å². The molecule has 0 radical (unpaired) electrons. The van der Waals surface area contributed by atoms with Crippen LogP contribution in [0.1, 0.15) is 123 Å². The van der Waals surface area contributed by atoms with Crippen LogP contribution >= 0.6 is 11.3 Å². The lowest BCUT2D eigenvalue weighted by molar-refractivity contribution is -0.127. The number of thiazole rings is 1. The van der Waals surface area contributed by atoms with Crippen LogP contribution < -0.4 is 10.3 Å². The predicted molar refractivity (Wildman–Crippen MR) is 270 cm³/mol. The minimum Gasteiger partial charge on any atom is -0.375 e. The molecular formula is C52H82N8O3S. The lowest BCUT2D eigenvalue weighted by Gasteiger charge is -2.34. The first-order chi connectivity index (χ1) is 30.8. The van der Waals surface area contributed by atoms with E-state index in [0.717, 1.165) is 112 Å². The van der Waals surface area contributed by atoms with Crippen LogP contribution in [-0.2, 0) is 33.7 Å². The molecule has 7 rings (SSSR count). The van der Waals surface area contributed by atoms with Gasteiger partial charge in [0.15, 0.2) is 0 Å². The van der Waals surface area contributed by atoms with Gasteiger partial charge in [0.05, 0.1) is 40.1 Å². The number of likely N-dealkylation sites (N-methyl/N-ethyl adjacent to an activating group) is 1. The number of hydrogen-bond donors (Lipinski definition) is 1. The van der Waals surface area contributed by atoms with Crippen LogP contribution in [0.3, 0.4) is 0 Å². The molecule has 1 N–H and O–H groups in total. The summed E-state index contributed by atoms with van der Waals surface area (Å²) in [6, 6.07) is 9.19. The standard InChI is InChI=1S/C39H53N5O2S.C6H11NO.C5H12N2.C2H6/c1-9-12-15-39(5,6)23-33-31-21-29(34-26-47-36(41-34)20-28(10-2)25-45)13-14-35(31)44(11-3)38(33)32-22-30(24-40-37(32)27(4)46-8)43-18-16-42(7)17-19-43;1-6(8)7-4-2-3-5-7;1-7-5-3-2-4-6-7;1-2/h9,13-14,21-22,24-28H,1,10-12,15-20,23H2,2-8H3;2-5H2,1H3;6H,2-5H2,1H3;1-2H3. The lowest BCUT2D eigenvalue weighted by Crippen LogP contribution is -2.44. The minimum absolute atomic E-state index is 0.0148. The molecule has 3 aromatic heterocycles. The molecule has 11 nitrogen and oxygen atoms in total. The second-order valence-electron chi connectivity index (χ2n) is 18.2. The number of allylic oxidation sites excluding steroid dienone is 1. The number of piperazine rings is 1. The summed E-state index contributed by atoms with van der Waals surface area (Å²) in [6.45, 7) is 30.0. The van der Waals surface area contributed by atoms with E-state index >= 15 is 0 Å². The summed E-state index contributed by atoms with van der Waals surface area (Å²) in [7, 11) is 6.04. The number of carbonyl (C=O) groups is 2. The summed E-state index contributed by atoms with van der Waals surface area (Å²) in [5.74, 6) is 0.239. The molecule has 0 bridgehead atoms. The smallest absolute Gasteiger partial charge is 0.219 e. The third-order valence-corrected chi connectivity index (χ3v) is 13.7. The fourth-order valence-electron chi connectivity index (χ4n) is 8.69. The molecule has 1 aromatic carbocycles. The van der Waals surface area contributed by atoms with Crippen molar-refractivity contribution in [2.75, 3.05) is 78.5 Å². The quantitative estimate of drug-likeness (QED) is 0.0924. The van der Waals surface area contributed by atoms with Gasteiger partial charge in [0.2, 0.25) is 5.91 Å². The van der Waals surface area contributed by atoms with E-state index in [-0.39, 0.29) is 23.3 Å². The van der Waals surface area contributed by atoms with Crippen LogP contribution in [0.25, 0.3) is 33.4 Å². The molecule has 2 unspecified atom stereocenters. The summed E-state index contributed by atoms with van der Waals surface area (Å²) >= 11 is 1.65. The second kappa shape index (κ2) is 26.3. The number of fused-ring (bicyclic) bond motifs is 1. The van der Waals surface area contributed by atoms with Crippen LogP contribution in [0.4, 0.5) is 5.69 Å². The third-order valence-electron chi connectivity index (χ3n) is 12.8. The van der Waals surface area contributed by atoms with Crippen LogP contribution in [0.15, 0.2) is 48.5 Å². The van der Waals surface area contributed by atoms with E-state index in [4.69, 9.17) is 14.7 Å². The van der Waals surface area contributed by atoms with Crippen LogP contribution in [0, 0.1) is 11.3 Å². The number of ether oxygens (including phenoxy) is 1. The normalized spacial score (nSPS) is 16.8. The maximum atomic E-state index is 11.5. The van der Waals surface area contributed by atoms with Crippen LogP contribution in [-0.4, -0.2) is 115 Å². The van der Waals surface area contributed by atoms with Crippen molar-refractivity contribution in [2.24, 2.45) is 11.3 Å². The molecule has 3 aliphatic heterocycles. The van der Waals surface area contributed by atoms with E-state index < -0.39 is 0 Å². The van der Waals surface area contributed by atoms with E-state index in [0.29, 0.717) is 6.42 Å². The van der Waals surface area contributed by atoms with Gasteiger partial charge in [-0.1, -0.05) is 46.8 Å². The molecule has 6 heterocycles. The molecule has 3 aliphatic rings. The maximum absolute atomic E-state index is 11.5. The molecule has 1 amide bonds. The summed E-state index contributed by atoms with van der Waals surface area (Å²) in [6.07, 6.45) is 14.5. The van der Waals surface area contributed by atoms with Gasteiger partial charge in [0.1, 0.15) is 6.29 Å². The highest BCUT2D eigenvalue weighted by Crippen LogP contribution is 2.43. The number of benzene rings is 1. The van der Waals surface area contributed by atoms with E-state index in [1.54, 1.807) is 25.4 Å². The third kappa shape index (κ3) is 14.5. The molecule has 354 valence electrons. The molecule has 64 heavy (non-hydrogen) atoms. The number of aryl methyl sites for hydroxylation is 1. The molecule has 12 heteroatoms. The Morgan fingerprint density at radius 2 is 1.72 bits per heavy atom. The monoisotopic (exact) mass is 899 g/mol. The molecule has 4 aromatic rings. The van der Waals surface area contributed by atoms with Crippen molar-refractivity contribution in [1.82, 2.24) is 34.8 Å². The Kier molecular flexibility index (Phi) is 21.6. The minimum atomic E-state index is -0.154. The van der Waals surface area contributed by atoms with Crippen LogP contribution in [0.5, 0.6) is 0 Å². The number of methoxy groups -OCH3 is 1. The van der Waals surface area contributed by atoms with Crippen molar-refractivity contribution < 1.29 is 14.3 Å². The molecular weight excluding hydrogens is 817 g/mol. The average molecular weight is 899 g/mol. The summed E-state index contributed by atoms with van der Waals surface area (Å²) in [4.78, 5) is 39.0. The molecule has 0 saturated carbocycles. The van der Waals surface area contributed by atoms with Crippen molar-refractivity contribution in [3.8, 4) is 22.5 Å². The van der Waals surface area contributed by atoms with Gasteiger partial charge in [0, 0.05) is 120 Å².